The monoisotopic (exact) mass is 250 g/mol. The van der Waals surface area contributed by atoms with Crippen LogP contribution in [0.1, 0.15) is 17.3 Å². The molecule has 0 spiro atoms. The van der Waals surface area contributed by atoms with Crippen molar-refractivity contribution in [1.29, 1.82) is 0 Å². The Balaban J connectivity index is 2.73. The summed E-state index contributed by atoms with van der Waals surface area (Å²) in [7, 11) is 3.85. The molecular weight excluding hydrogens is 232 g/mol. The first-order valence-corrected chi connectivity index (χ1v) is 5.51. The van der Waals surface area contributed by atoms with Crippen molar-refractivity contribution < 1.29 is 10.0 Å². The number of nitrogens with zero attached hydrogens (tertiary/aromatic N) is 2. The van der Waals surface area contributed by atoms with E-state index in [2.05, 4.69) is 10.5 Å². The number of hydrogen-bond acceptors (Lipinski definition) is 4. The smallest absolute Gasteiger partial charge is 0.251 e. The summed E-state index contributed by atoms with van der Waals surface area (Å²) in [5, 5.41) is 14.0. The Hall–Kier alpha value is -2.24. The zero-order chi connectivity index (χ0) is 13.7. The summed E-state index contributed by atoms with van der Waals surface area (Å²) in [5.41, 5.74) is 6.92. The molecule has 0 aromatic heterocycles. The van der Waals surface area contributed by atoms with Crippen LogP contribution >= 0.6 is 0 Å². The van der Waals surface area contributed by atoms with Crippen molar-refractivity contribution in [3.8, 4) is 0 Å². The SMILES string of the molecule is CC(NC(=O)c1ccc(N(C)C)cc1)/C(N)=N/O. The minimum absolute atomic E-state index is 0.0340. The van der Waals surface area contributed by atoms with Crippen LogP contribution in [0.2, 0.25) is 0 Å². The molecule has 1 unspecified atom stereocenters. The van der Waals surface area contributed by atoms with Gasteiger partial charge in [0.2, 0.25) is 0 Å². The highest BCUT2D eigenvalue weighted by atomic mass is 16.4. The molecule has 98 valence electrons. The molecule has 0 aliphatic rings. The van der Waals surface area contributed by atoms with E-state index >= 15 is 0 Å². The normalized spacial score (nSPS) is 12.9. The van der Waals surface area contributed by atoms with Gasteiger partial charge in [-0.1, -0.05) is 5.16 Å². The van der Waals surface area contributed by atoms with Crippen molar-refractivity contribution in [3.05, 3.63) is 29.8 Å². The van der Waals surface area contributed by atoms with Crippen LogP contribution in [0, 0.1) is 0 Å². The van der Waals surface area contributed by atoms with Crippen molar-refractivity contribution in [2.24, 2.45) is 10.9 Å². The standard InChI is InChI=1S/C12H18N4O2/c1-8(11(13)15-18)14-12(17)9-4-6-10(7-5-9)16(2)3/h4-8,18H,1-3H3,(H2,13,15)(H,14,17). The lowest BCUT2D eigenvalue weighted by Crippen LogP contribution is -2.42. The fourth-order valence-corrected chi connectivity index (χ4v) is 1.35. The lowest BCUT2D eigenvalue weighted by molar-refractivity contribution is 0.0948. The molecule has 1 aromatic rings. The molecule has 4 N–H and O–H groups in total. The minimum atomic E-state index is -0.518. The van der Waals surface area contributed by atoms with Gasteiger partial charge in [-0.3, -0.25) is 4.79 Å². The van der Waals surface area contributed by atoms with E-state index in [-0.39, 0.29) is 11.7 Å². The number of carbonyl (C=O) groups excluding carboxylic acids is 1. The third-order valence-electron chi connectivity index (χ3n) is 2.55. The van der Waals surface area contributed by atoms with Crippen molar-refractivity contribution in [2.75, 3.05) is 19.0 Å². The van der Waals surface area contributed by atoms with Gasteiger partial charge in [0, 0.05) is 25.3 Å². The van der Waals surface area contributed by atoms with Crippen LogP contribution < -0.4 is 16.0 Å². The van der Waals surface area contributed by atoms with E-state index in [1.807, 2.05) is 31.1 Å². The quantitative estimate of drug-likeness (QED) is 0.316. The Kier molecular flexibility index (Phi) is 4.53. The summed E-state index contributed by atoms with van der Waals surface area (Å²) in [6, 6.07) is 6.63. The number of anilines is 1. The lowest BCUT2D eigenvalue weighted by atomic mass is 10.1. The predicted molar refractivity (Wildman–Crippen MR) is 71.1 cm³/mol. The Morgan fingerprint density at radius 2 is 1.94 bits per heavy atom. The summed E-state index contributed by atoms with van der Waals surface area (Å²) in [5.74, 6) is -0.298. The molecule has 18 heavy (non-hydrogen) atoms. The van der Waals surface area contributed by atoms with Gasteiger partial charge < -0.3 is 21.2 Å². The molecule has 1 rings (SSSR count). The molecule has 0 saturated carbocycles. The molecule has 6 heteroatoms. The van der Waals surface area contributed by atoms with E-state index in [4.69, 9.17) is 10.9 Å². The number of oxime groups is 1. The van der Waals surface area contributed by atoms with Gasteiger partial charge in [0.05, 0.1) is 6.04 Å². The molecule has 1 atom stereocenters. The molecule has 0 saturated heterocycles. The summed E-state index contributed by atoms with van der Waals surface area (Å²) in [6.45, 7) is 1.64. The number of amides is 1. The molecule has 6 nitrogen and oxygen atoms in total. The maximum absolute atomic E-state index is 11.8. The zero-order valence-electron chi connectivity index (χ0n) is 10.7. The van der Waals surface area contributed by atoms with Gasteiger partial charge in [0.1, 0.15) is 0 Å². The summed E-state index contributed by atoms with van der Waals surface area (Å²) in [6.07, 6.45) is 0. The van der Waals surface area contributed by atoms with E-state index in [1.165, 1.54) is 0 Å². The third-order valence-corrected chi connectivity index (χ3v) is 2.55. The van der Waals surface area contributed by atoms with E-state index in [1.54, 1.807) is 19.1 Å². The fraction of sp³-hybridized carbons (Fsp3) is 0.333. The second kappa shape index (κ2) is 5.90. The highest BCUT2D eigenvalue weighted by Gasteiger charge is 2.12. The first-order chi connectivity index (χ1) is 8.45. The topological polar surface area (TPSA) is 91.0 Å². The van der Waals surface area contributed by atoms with Crippen molar-refractivity contribution in [3.63, 3.8) is 0 Å². The van der Waals surface area contributed by atoms with Crippen LogP contribution in [-0.2, 0) is 0 Å². The predicted octanol–water partition coefficient (Wildman–Crippen LogP) is 0.617. The molecule has 1 aromatic carbocycles. The van der Waals surface area contributed by atoms with Gasteiger partial charge >= 0.3 is 0 Å². The summed E-state index contributed by atoms with van der Waals surface area (Å²) >= 11 is 0. The molecule has 0 fully saturated rings. The fourth-order valence-electron chi connectivity index (χ4n) is 1.35. The third kappa shape index (κ3) is 3.38. The maximum Gasteiger partial charge on any atom is 0.251 e. The summed E-state index contributed by atoms with van der Waals surface area (Å²) < 4.78 is 0. The van der Waals surface area contributed by atoms with E-state index in [9.17, 15) is 4.79 Å². The van der Waals surface area contributed by atoms with Crippen LogP contribution in [0.4, 0.5) is 5.69 Å². The van der Waals surface area contributed by atoms with Gasteiger partial charge in [-0.15, -0.1) is 0 Å². The number of benzene rings is 1. The number of hydrogen-bond donors (Lipinski definition) is 3. The zero-order valence-corrected chi connectivity index (χ0v) is 10.7. The second-order valence-corrected chi connectivity index (χ2v) is 4.16. The van der Waals surface area contributed by atoms with Crippen LogP contribution in [-0.4, -0.2) is 37.1 Å². The van der Waals surface area contributed by atoms with Gasteiger partial charge in [0.25, 0.3) is 5.91 Å². The van der Waals surface area contributed by atoms with Crippen LogP contribution in [0.5, 0.6) is 0 Å². The molecule has 0 aliphatic carbocycles. The highest BCUT2D eigenvalue weighted by Crippen LogP contribution is 2.12. The van der Waals surface area contributed by atoms with Crippen LogP contribution in [0.3, 0.4) is 0 Å². The second-order valence-electron chi connectivity index (χ2n) is 4.16. The van der Waals surface area contributed by atoms with Gasteiger partial charge in [0.15, 0.2) is 5.84 Å². The highest BCUT2D eigenvalue weighted by molar-refractivity contribution is 5.98. The number of rotatable bonds is 4. The summed E-state index contributed by atoms with van der Waals surface area (Å²) in [4.78, 5) is 13.8. The number of nitrogens with one attached hydrogen (secondary N) is 1. The minimum Gasteiger partial charge on any atom is -0.409 e. The molecule has 1 amide bonds. The average Bonchev–Trinajstić information content (AvgIpc) is 2.37. The molecule has 0 bridgehead atoms. The average molecular weight is 250 g/mol. The van der Waals surface area contributed by atoms with Crippen molar-refractivity contribution in [2.45, 2.75) is 13.0 Å². The first-order valence-electron chi connectivity index (χ1n) is 5.51. The first kappa shape index (κ1) is 13.8. The maximum atomic E-state index is 11.8. The van der Waals surface area contributed by atoms with Gasteiger partial charge in [-0.2, -0.15) is 0 Å². The molecule has 0 radical (unpaired) electrons. The lowest BCUT2D eigenvalue weighted by Gasteiger charge is -2.14. The van der Waals surface area contributed by atoms with Crippen LogP contribution in [0.25, 0.3) is 0 Å². The van der Waals surface area contributed by atoms with Crippen molar-refractivity contribution >= 4 is 17.4 Å². The Morgan fingerprint density at radius 1 is 1.39 bits per heavy atom. The van der Waals surface area contributed by atoms with Gasteiger partial charge in [-0.25, -0.2) is 0 Å². The van der Waals surface area contributed by atoms with E-state index < -0.39 is 6.04 Å². The molecular formula is C12H18N4O2. The number of nitrogens with two attached hydrogens (primary N) is 1. The largest absolute Gasteiger partial charge is 0.409 e. The van der Waals surface area contributed by atoms with Crippen LogP contribution in [0.15, 0.2) is 29.4 Å². The van der Waals surface area contributed by atoms with Gasteiger partial charge in [-0.05, 0) is 31.2 Å². The molecule has 0 heterocycles. The Morgan fingerprint density at radius 3 is 2.39 bits per heavy atom. The Labute approximate surface area is 106 Å². The van der Waals surface area contributed by atoms with Crippen molar-refractivity contribution in [1.82, 2.24) is 5.32 Å². The molecule has 0 aliphatic heterocycles. The Bertz CT molecular complexity index is 440. The van der Waals surface area contributed by atoms with E-state index in [0.29, 0.717) is 5.56 Å². The number of amidine groups is 1. The number of carbonyl (C=O) groups is 1. The van der Waals surface area contributed by atoms with E-state index in [0.717, 1.165) is 5.69 Å².